The minimum Gasteiger partial charge on any atom is -0.493 e. The third-order valence-electron chi connectivity index (χ3n) is 4.48. The first-order chi connectivity index (χ1) is 10.7. The number of nitrogens with one attached hydrogen (secondary N) is 2. The van der Waals surface area contributed by atoms with E-state index in [0.29, 0.717) is 36.3 Å². The number of ether oxygens (including phenoxy) is 1. The van der Waals surface area contributed by atoms with Crippen LogP contribution in [-0.2, 0) is 6.54 Å². The van der Waals surface area contributed by atoms with E-state index < -0.39 is 11.6 Å². The Bertz CT molecular complexity index is 506. The van der Waals surface area contributed by atoms with Crippen molar-refractivity contribution in [1.29, 1.82) is 0 Å². The van der Waals surface area contributed by atoms with Gasteiger partial charge in [0.1, 0.15) is 5.75 Å². The van der Waals surface area contributed by atoms with E-state index in [1.54, 1.807) is 0 Å². The molecule has 2 N–H and O–H groups in total. The van der Waals surface area contributed by atoms with Gasteiger partial charge in [-0.3, -0.25) is 0 Å². The molecular formula is C17H25ClF2N2O. The summed E-state index contributed by atoms with van der Waals surface area (Å²) in [5, 5.41) is 6.70. The fourth-order valence-electron chi connectivity index (χ4n) is 2.83. The molecule has 1 aliphatic heterocycles. The summed E-state index contributed by atoms with van der Waals surface area (Å²) in [6, 6.07) is 2.44. The fraction of sp³-hybridized carbons (Fsp3) is 0.647. The fourth-order valence-corrected chi connectivity index (χ4v) is 2.83. The molecule has 0 spiro atoms. The maximum absolute atomic E-state index is 13.5. The third kappa shape index (κ3) is 5.59. The second-order valence-electron chi connectivity index (χ2n) is 6.45. The van der Waals surface area contributed by atoms with Crippen molar-refractivity contribution in [3.8, 4) is 5.75 Å². The van der Waals surface area contributed by atoms with Crippen molar-refractivity contribution < 1.29 is 13.5 Å². The second kappa shape index (κ2) is 8.81. The van der Waals surface area contributed by atoms with E-state index in [0.717, 1.165) is 32.5 Å². The molecule has 0 unspecified atom stereocenters. The predicted octanol–water partition coefficient (Wildman–Crippen LogP) is 3.26. The van der Waals surface area contributed by atoms with E-state index >= 15 is 0 Å². The first-order valence-electron chi connectivity index (χ1n) is 8.24. The van der Waals surface area contributed by atoms with Crippen LogP contribution in [0.15, 0.2) is 12.1 Å². The van der Waals surface area contributed by atoms with Crippen LogP contribution in [0.25, 0.3) is 0 Å². The van der Waals surface area contributed by atoms with Crippen molar-refractivity contribution >= 4 is 12.4 Å². The Labute approximate surface area is 142 Å². The molecule has 1 heterocycles. The predicted molar refractivity (Wildman–Crippen MR) is 89.1 cm³/mol. The van der Waals surface area contributed by atoms with E-state index in [4.69, 9.17) is 4.74 Å². The van der Waals surface area contributed by atoms with Gasteiger partial charge in [-0.05, 0) is 63.2 Å². The van der Waals surface area contributed by atoms with Crippen LogP contribution in [0, 0.1) is 23.5 Å². The molecule has 0 atom stereocenters. The Kier molecular flexibility index (Phi) is 7.06. The summed E-state index contributed by atoms with van der Waals surface area (Å²) in [6.45, 7) is 4.15. The van der Waals surface area contributed by atoms with E-state index in [2.05, 4.69) is 10.6 Å². The second-order valence-corrected chi connectivity index (χ2v) is 6.45. The van der Waals surface area contributed by atoms with Crippen molar-refractivity contribution in [2.24, 2.45) is 11.8 Å². The van der Waals surface area contributed by atoms with Gasteiger partial charge in [-0.25, -0.2) is 8.78 Å². The molecule has 0 bridgehead atoms. The van der Waals surface area contributed by atoms with Crippen LogP contribution < -0.4 is 15.4 Å². The number of hydrogen-bond acceptors (Lipinski definition) is 3. The van der Waals surface area contributed by atoms with Crippen LogP contribution in [0.4, 0.5) is 8.78 Å². The molecule has 23 heavy (non-hydrogen) atoms. The Morgan fingerprint density at radius 3 is 2.43 bits per heavy atom. The number of hydrogen-bond donors (Lipinski definition) is 2. The molecule has 0 radical (unpaired) electrons. The molecule has 1 saturated carbocycles. The van der Waals surface area contributed by atoms with Gasteiger partial charge in [0.15, 0.2) is 11.6 Å². The van der Waals surface area contributed by atoms with Crippen molar-refractivity contribution in [3.05, 3.63) is 29.3 Å². The zero-order chi connectivity index (χ0) is 15.4. The Morgan fingerprint density at radius 1 is 1.04 bits per heavy atom. The molecule has 0 amide bonds. The molecule has 6 heteroatoms. The lowest BCUT2D eigenvalue weighted by atomic mass is 9.98. The highest BCUT2D eigenvalue weighted by atomic mass is 35.5. The topological polar surface area (TPSA) is 33.3 Å². The lowest BCUT2D eigenvalue weighted by Gasteiger charge is -2.23. The number of rotatable bonds is 7. The van der Waals surface area contributed by atoms with Gasteiger partial charge < -0.3 is 15.4 Å². The van der Waals surface area contributed by atoms with Gasteiger partial charge in [-0.2, -0.15) is 0 Å². The maximum Gasteiger partial charge on any atom is 0.162 e. The minimum absolute atomic E-state index is 0. The third-order valence-corrected chi connectivity index (χ3v) is 4.48. The Balaban J connectivity index is 0.00000192. The zero-order valence-corrected chi connectivity index (χ0v) is 14.1. The number of halogens is 3. The van der Waals surface area contributed by atoms with E-state index in [9.17, 15) is 8.78 Å². The molecule has 0 aromatic heterocycles. The van der Waals surface area contributed by atoms with Crippen LogP contribution in [0.3, 0.4) is 0 Å². The molecule has 1 saturated heterocycles. The Hall–Kier alpha value is -0.910. The lowest BCUT2D eigenvalue weighted by molar-refractivity contribution is 0.292. The number of piperidine rings is 1. The summed E-state index contributed by atoms with van der Waals surface area (Å²) in [5.74, 6) is 0.0694. The molecule has 1 aliphatic carbocycles. The van der Waals surface area contributed by atoms with E-state index in [1.807, 2.05) is 0 Å². The van der Waals surface area contributed by atoms with Gasteiger partial charge in [0.25, 0.3) is 0 Å². The van der Waals surface area contributed by atoms with Crippen molar-refractivity contribution in [3.63, 3.8) is 0 Å². The van der Waals surface area contributed by atoms with Crippen LogP contribution in [0.1, 0.15) is 31.2 Å². The van der Waals surface area contributed by atoms with Gasteiger partial charge in [0.05, 0.1) is 6.61 Å². The summed E-state index contributed by atoms with van der Waals surface area (Å²) < 4.78 is 32.6. The Morgan fingerprint density at radius 2 is 1.74 bits per heavy atom. The van der Waals surface area contributed by atoms with Crippen LogP contribution >= 0.6 is 12.4 Å². The van der Waals surface area contributed by atoms with Crippen LogP contribution in [-0.4, -0.2) is 26.2 Å². The van der Waals surface area contributed by atoms with Crippen LogP contribution in [0.2, 0.25) is 0 Å². The molecule has 3 rings (SSSR count). The SMILES string of the molecule is Cl.Fc1cc(CNCC2CCNCC2)c(OCC2CC2)cc1F. The maximum atomic E-state index is 13.5. The van der Waals surface area contributed by atoms with Gasteiger partial charge in [0.2, 0.25) is 0 Å². The molecule has 2 fully saturated rings. The van der Waals surface area contributed by atoms with Crippen molar-refractivity contribution in [2.75, 3.05) is 26.2 Å². The highest BCUT2D eigenvalue weighted by Crippen LogP contribution is 2.31. The highest BCUT2D eigenvalue weighted by molar-refractivity contribution is 5.85. The van der Waals surface area contributed by atoms with E-state index in [-0.39, 0.29) is 12.4 Å². The molecule has 3 nitrogen and oxygen atoms in total. The molecular weight excluding hydrogens is 322 g/mol. The molecule has 1 aromatic carbocycles. The van der Waals surface area contributed by atoms with Gasteiger partial charge in [0, 0.05) is 18.2 Å². The largest absolute Gasteiger partial charge is 0.493 e. The summed E-state index contributed by atoms with van der Waals surface area (Å²) in [4.78, 5) is 0. The van der Waals surface area contributed by atoms with Gasteiger partial charge in [-0.15, -0.1) is 12.4 Å². The van der Waals surface area contributed by atoms with Gasteiger partial charge in [-0.1, -0.05) is 0 Å². The van der Waals surface area contributed by atoms with Crippen molar-refractivity contribution in [2.45, 2.75) is 32.2 Å². The quantitative estimate of drug-likeness (QED) is 0.795. The number of benzene rings is 1. The van der Waals surface area contributed by atoms with Crippen LogP contribution in [0.5, 0.6) is 5.75 Å². The molecule has 1 aromatic rings. The van der Waals surface area contributed by atoms with Crippen molar-refractivity contribution in [1.82, 2.24) is 10.6 Å². The summed E-state index contributed by atoms with van der Waals surface area (Å²) in [6.07, 6.45) is 4.67. The standard InChI is InChI=1S/C17H24F2N2O.ClH/c18-15-7-14(10-21-9-12-3-5-20-6-4-12)17(8-16(15)19)22-11-13-1-2-13;/h7-8,12-13,20-21H,1-6,9-11H2;1H. The monoisotopic (exact) mass is 346 g/mol. The van der Waals surface area contributed by atoms with Gasteiger partial charge >= 0.3 is 0 Å². The smallest absolute Gasteiger partial charge is 0.162 e. The summed E-state index contributed by atoms with van der Waals surface area (Å²) in [7, 11) is 0. The van der Waals surface area contributed by atoms with E-state index in [1.165, 1.54) is 25.0 Å². The first-order valence-corrected chi connectivity index (χ1v) is 8.24. The minimum atomic E-state index is -0.840. The lowest BCUT2D eigenvalue weighted by Crippen LogP contribution is -2.33. The molecule has 2 aliphatic rings. The summed E-state index contributed by atoms with van der Waals surface area (Å²) >= 11 is 0. The molecule has 130 valence electrons. The average Bonchev–Trinajstić information content (AvgIpc) is 3.34. The normalized spacial score (nSPS) is 18.5. The highest BCUT2D eigenvalue weighted by Gasteiger charge is 2.23. The average molecular weight is 347 g/mol. The first kappa shape index (κ1) is 18.4. The zero-order valence-electron chi connectivity index (χ0n) is 13.2. The summed E-state index contributed by atoms with van der Waals surface area (Å²) in [5.41, 5.74) is 0.702.